The molecule has 1 N–H and O–H groups in total. The Kier molecular flexibility index (Phi) is 7.40. The van der Waals surface area contributed by atoms with Gasteiger partial charge in [-0.3, -0.25) is 14.4 Å². The molecule has 1 aromatic carbocycles. The lowest BCUT2D eigenvalue weighted by molar-refractivity contribution is -0.133. The Hall–Kier alpha value is -3.49. The number of rotatable bonds is 2. The van der Waals surface area contributed by atoms with Crippen LogP contribution in [0, 0.1) is 5.41 Å². The summed E-state index contributed by atoms with van der Waals surface area (Å²) < 4.78 is 5.99. The van der Waals surface area contributed by atoms with Crippen molar-refractivity contribution in [3.63, 3.8) is 0 Å². The highest BCUT2D eigenvalue weighted by Crippen LogP contribution is 2.38. The van der Waals surface area contributed by atoms with Crippen LogP contribution in [0.4, 0.5) is 0 Å². The molecule has 4 heterocycles. The van der Waals surface area contributed by atoms with Crippen molar-refractivity contribution in [2.24, 2.45) is 5.41 Å². The number of aromatic nitrogens is 2. The molecule has 0 saturated carbocycles. The summed E-state index contributed by atoms with van der Waals surface area (Å²) in [6.07, 6.45) is 6.42. The predicted molar refractivity (Wildman–Crippen MR) is 125 cm³/mol. The molecule has 3 aliphatic rings. The molecule has 3 amide bonds. The van der Waals surface area contributed by atoms with Crippen molar-refractivity contribution < 1.29 is 19.1 Å². The van der Waals surface area contributed by atoms with E-state index in [4.69, 9.17) is 4.74 Å². The van der Waals surface area contributed by atoms with Crippen molar-refractivity contribution in [2.75, 3.05) is 39.8 Å². The zero-order valence-electron chi connectivity index (χ0n) is 19.5. The lowest BCUT2D eigenvalue weighted by Crippen LogP contribution is -2.49. The van der Waals surface area contributed by atoms with Gasteiger partial charge in [0.2, 0.25) is 5.91 Å². The third kappa shape index (κ3) is 5.03. The minimum Gasteiger partial charge on any atom is -0.491 e. The van der Waals surface area contributed by atoms with Crippen molar-refractivity contribution in [1.82, 2.24) is 25.1 Å². The Balaban J connectivity index is 1.60. The number of amides is 3. The van der Waals surface area contributed by atoms with Gasteiger partial charge in [0, 0.05) is 32.9 Å². The second-order valence-electron chi connectivity index (χ2n) is 8.84. The summed E-state index contributed by atoms with van der Waals surface area (Å²) >= 11 is 0. The Morgan fingerprint density at radius 1 is 1.03 bits per heavy atom. The predicted octanol–water partition coefficient (Wildman–Crippen LogP) is 2.15. The van der Waals surface area contributed by atoms with Gasteiger partial charge in [-0.2, -0.15) is 0 Å². The fraction of sp³-hybridized carbons (Fsp3) is 0.480. The molecule has 0 atom stereocenters. The van der Waals surface area contributed by atoms with Crippen molar-refractivity contribution in [2.45, 2.75) is 32.1 Å². The summed E-state index contributed by atoms with van der Waals surface area (Å²) in [6.45, 7) is 2.19. The number of hydrogen-bond acceptors (Lipinski definition) is 6. The summed E-state index contributed by atoms with van der Waals surface area (Å²) in [6, 6.07) is 8.79. The molecule has 1 fully saturated rings. The van der Waals surface area contributed by atoms with Gasteiger partial charge in [0.1, 0.15) is 24.4 Å². The smallest absolute Gasteiger partial charge is 0.272 e. The van der Waals surface area contributed by atoms with E-state index in [1.807, 2.05) is 17.0 Å². The van der Waals surface area contributed by atoms with Gasteiger partial charge in [0.25, 0.3) is 11.8 Å². The molecule has 3 aliphatic heterocycles. The molecule has 9 nitrogen and oxygen atoms in total. The van der Waals surface area contributed by atoms with Crippen LogP contribution >= 0.6 is 0 Å². The van der Waals surface area contributed by atoms with Gasteiger partial charge < -0.3 is 19.9 Å². The van der Waals surface area contributed by atoms with E-state index in [-0.39, 0.29) is 24.3 Å². The second kappa shape index (κ2) is 10.6. The molecule has 2 bridgehead atoms. The quantitative estimate of drug-likeness (QED) is 0.729. The summed E-state index contributed by atoms with van der Waals surface area (Å²) in [5, 5.41) is 2.83. The average Bonchev–Trinajstić information content (AvgIpc) is 2.90. The first-order chi connectivity index (χ1) is 16.5. The van der Waals surface area contributed by atoms with Crippen LogP contribution in [0.25, 0.3) is 0 Å². The van der Waals surface area contributed by atoms with E-state index in [1.165, 1.54) is 6.33 Å². The van der Waals surface area contributed by atoms with Gasteiger partial charge in [-0.1, -0.05) is 18.6 Å². The molecule has 0 aliphatic carbocycles. The minimum atomic E-state index is -0.497. The van der Waals surface area contributed by atoms with E-state index in [0.29, 0.717) is 56.0 Å². The molecule has 5 rings (SSSR count). The number of fused-ring (bicyclic) bond motifs is 9. The van der Waals surface area contributed by atoms with Gasteiger partial charge in [-0.25, -0.2) is 9.97 Å². The summed E-state index contributed by atoms with van der Waals surface area (Å²) in [5.41, 5.74) is 0.332. The Labute approximate surface area is 199 Å². The lowest BCUT2D eigenvalue weighted by atomic mass is 9.73. The fourth-order valence-electron chi connectivity index (χ4n) is 4.86. The highest BCUT2D eigenvalue weighted by molar-refractivity contribution is 5.97. The van der Waals surface area contributed by atoms with Gasteiger partial charge >= 0.3 is 0 Å². The maximum Gasteiger partial charge on any atom is 0.272 e. The Morgan fingerprint density at radius 3 is 2.56 bits per heavy atom. The molecule has 1 aromatic heterocycles. The van der Waals surface area contributed by atoms with Crippen LogP contribution in [-0.2, 0) is 4.79 Å². The minimum absolute atomic E-state index is 0.0292. The largest absolute Gasteiger partial charge is 0.491 e. The van der Waals surface area contributed by atoms with E-state index < -0.39 is 5.41 Å². The maximum atomic E-state index is 13.3. The van der Waals surface area contributed by atoms with Gasteiger partial charge in [-0.15, -0.1) is 0 Å². The summed E-state index contributed by atoms with van der Waals surface area (Å²) in [5.74, 6) is 0.249. The van der Waals surface area contributed by atoms with Crippen molar-refractivity contribution in [3.8, 4) is 5.75 Å². The molecule has 0 unspecified atom stereocenters. The van der Waals surface area contributed by atoms with Gasteiger partial charge in [-0.05, 0) is 43.9 Å². The number of ether oxygens (including phenoxy) is 1. The zero-order chi connectivity index (χ0) is 24.0. The number of carbonyl (C=O) groups is 3. The molecule has 2 aromatic rings. The van der Waals surface area contributed by atoms with E-state index in [0.717, 1.165) is 19.3 Å². The molecule has 9 heteroatoms. The van der Waals surface area contributed by atoms with Crippen LogP contribution in [-0.4, -0.2) is 77.3 Å². The molecule has 34 heavy (non-hydrogen) atoms. The average molecular weight is 466 g/mol. The molecular weight excluding hydrogens is 434 g/mol. The first-order valence-electron chi connectivity index (χ1n) is 11.8. The van der Waals surface area contributed by atoms with Crippen LogP contribution < -0.4 is 10.1 Å². The van der Waals surface area contributed by atoms with Gasteiger partial charge in [0.15, 0.2) is 0 Å². The normalized spacial score (nSPS) is 18.8. The fourth-order valence-corrected chi connectivity index (χ4v) is 4.86. The highest BCUT2D eigenvalue weighted by atomic mass is 16.5. The summed E-state index contributed by atoms with van der Waals surface area (Å²) in [7, 11) is 1.67. The third-order valence-corrected chi connectivity index (χ3v) is 6.87. The monoisotopic (exact) mass is 465 g/mol. The number of nitrogens with zero attached hydrogens (tertiary/aromatic N) is 4. The van der Waals surface area contributed by atoms with Crippen LogP contribution in [0.15, 0.2) is 42.9 Å². The SMILES string of the molecule is CNC(=O)C12CCCCN(C(=O)c3ccncn3)CCOc3ccccc3C(=O)N(CC1)CC2. The van der Waals surface area contributed by atoms with E-state index in [9.17, 15) is 14.4 Å². The maximum absolute atomic E-state index is 13.3. The standard InChI is InChI=1S/C25H31N5O4/c1-26-24(33)25-9-4-5-13-29(23(32)20-8-12-27-18-28-20)16-17-34-21-7-3-2-6-19(21)22(31)30(14-10-25)15-11-25/h2-3,6-8,12,18H,4-5,9-11,13-17H2,1H3,(H,26,33). The van der Waals surface area contributed by atoms with E-state index >= 15 is 0 Å². The summed E-state index contributed by atoms with van der Waals surface area (Å²) in [4.78, 5) is 50.8. The van der Waals surface area contributed by atoms with E-state index in [1.54, 1.807) is 36.3 Å². The zero-order valence-corrected chi connectivity index (χ0v) is 19.5. The number of hydrogen-bond donors (Lipinski definition) is 1. The number of benzene rings is 1. The molecular formula is C25H31N5O4. The van der Waals surface area contributed by atoms with Crippen molar-refractivity contribution in [1.29, 1.82) is 0 Å². The van der Waals surface area contributed by atoms with Crippen molar-refractivity contribution in [3.05, 3.63) is 54.1 Å². The Bertz CT molecular complexity index is 1020. The van der Waals surface area contributed by atoms with E-state index in [2.05, 4.69) is 15.3 Å². The molecule has 180 valence electrons. The van der Waals surface area contributed by atoms with Crippen LogP contribution in [0.1, 0.15) is 53.0 Å². The Morgan fingerprint density at radius 2 is 1.82 bits per heavy atom. The molecule has 1 saturated heterocycles. The number of piperidine rings is 1. The van der Waals surface area contributed by atoms with Crippen molar-refractivity contribution >= 4 is 17.7 Å². The topological polar surface area (TPSA) is 105 Å². The molecule has 0 radical (unpaired) electrons. The third-order valence-electron chi connectivity index (χ3n) is 6.87. The number of nitrogens with one attached hydrogen (secondary N) is 1. The number of carbonyl (C=O) groups excluding carboxylic acids is 3. The first kappa shape index (κ1) is 23.7. The van der Waals surface area contributed by atoms with Crippen LogP contribution in [0.2, 0.25) is 0 Å². The van der Waals surface area contributed by atoms with Gasteiger partial charge in [0.05, 0.1) is 17.5 Å². The van der Waals surface area contributed by atoms with Crippen LogP contribution in [0.5, 0.6) is 5.75 Å². The lowest BCUT2D eigenvalue weighted by Gasteiger charge is -2.40. The second-order valence-corrected chi connectivity index (χ2v) is 8.84. The first-order valence-corrected chi connectivity index (χ1v) is 11.8. The highest BCUT2D eigenvalue weighted by Gasteiger charge is 2.41. The molecule has 0 spiro atoms. The van der Waals surface area contributed by atoms with Crippen LogP contribution in [0.3, 0.4) is 0 Å². The number of para-hydroxylation sites is 1.